The molecule has 0 radical (unpaired) electrons. The van der Waals surface area contributed by atoms with E-state index in [0.717, 1.165) is 25.7 Å². The summed E-state index contributed by atoms with van der Waals surface area (Å²) in [5.41, 5.74) is 0.457. The molecule has 0 aliphatic carbocycles. The van der Waals surface area contributed by atoms with E-state index in [9.17, 15) is 4.79 Å². The molecule has 0 bridgehead atoms. The third kappa shape index (κ3) is 4.99. The van der Waals surface area contributed by atoms with E-state index in [4.69, 9.17) is 0 Å². The Balaban J connectivity index is 2.06. The average Bonchev–Trinajstić information content (AvgIpc) is 2.55. The molecule has 0 aromatic heterocycles. The molecule has 0 spiro atoms. The number of likely N-dealkylation sites (tertiary alicyclic amines) is 2. The molecule has 0 unspecified atom stereocenters. The van der Waals surface area contributed by atoms with Crippen LogP contribution in [0.4, 0.5) is 0 Å². The molecule has 0 aromatic carbocycles. The van der Waals surface area contributed by atoms with Gasteiger partial charge in [0, 0.05) is 41.3 Å². The van der Waals surface area contributed by atoms with Gasteiger partial charge in [-0.05, 0) is 102 Å². The lowest BCUT2D eigenvalue weighted by Gasteiger charge is -2.56. The first kappa shape index (κ1) is 24.6. The number of carbonyl (C=O) groups excluding carboxylic acids is 1. The number of hydrogen-bond acceptors (Lipinski definition) is 4. The van der Waals surface area contributed by atoms with E-state index in [1.807, 2.05) is 11.9 Å². The van der Waals surface area contributed by atoms with Crippen molar-refractivity contribution < 1.29 is 4.79 Å². The molecule has 2 heterocycles. The molecule has 5 heteroatoms. The minimum Gasteiger partial charge on any atom is -0.342 e. The lowest BCUT2D eigenvalue weighted by Crippen LogP contribution is -2.64. The highest BCUT2D eigenvalue weighted by Crippen LogP contribution is 2.40. The first-order valence-electron chi connectivity index (χ1n) is 11.3. The molecular weight excluding hydrogens is 360 g/mol. The van der Waals surface area contributed by atoms with Crippen LogP contribution in [-0.2, 0) is 4.79 Å². The minimum atomic E-state index is 0.0921. The van der Waals surface area contributed by atoms with Crippen LogP contribution in [0.5, 0.6) is 0 Å². The topological polar surface area (TPSA) is 30.0 Å². The van der Waals surface area contributed by atoms with Crippen LogP contribution in [0.3, 0.4) is 0 Å². The van der Waals surface area contributed by atoms with E-state index >= 15 is 0 Å². The second-order valence-corrected chi connectivity index (χ2v) is 12.4. The van der Waals surface area contributed by atoms with Crippen LogP contribution < -0.4 is 0 Å². The maximum atomic E-state index is 13.2. The van der Waals surface area contributed by atoms with Crippen molar-refractivity contribution in [1.82, 2.24) is 19.6 Å². The third-order valence-corrected chi connectivity index (χ3v) is 8.52. The Bertz CT molecular complexity index is 574. The van der Waals surface area contributed by atoms with E-state index in [1.54, 1.807) is 0 Å². The molecule has 2 fully saturated rings. The fraction of sp³-hybridized carbons (Fsp3) is 0.958. The number of carbonyl (C=O) groups is 1. The van der Waals surface area contributed by atoms with Crippen LogP contribution in [0.25, 0.3) is 0 Å². The summed E-state index contributed by atoms with van der Waals surface area (Å²) < 4.78 is 0. The van der Waals surface area contributed by atoms with Crippen molar-refractivity contribution in [1.29, 1.82) is 0 Å². The molecule has 2 saturated heterocycles. The summed E-state index contributed by atoms with van der Waals surface area (Å²) in [7, 11) is 8.60. The summed E-state index contributed by atoms with van der Waals surface area (Å²) in [5.74, 6) is 0.253. The van der Waals surface area contributed by atoms with Gasteiger partial charge in [0.05, 0.1) is 6.54 Å². The highest BCUT2D eigenvalue weighted by Gasteiger charge is 2.46. The quantitative estimate of drug-likeness (QED) is 0.710. The number of likely N-dealkylation sites (N-methyl/N-ethyl adjacent to an activating group) is 2. The van der Waals surface area contributed by atoms with Gasteiger partial charge >= 0.3 is 0 Å². The van der Waals surface area contributed by atoms with E-state index in [1.165, 1.54) is 0 Å². The Morgan fingerprint density at radius 3 is 1.38 bits per heavy atom. The smallest absolute Gasteiger partial charge is 0.236 e. The third-order valence-electron chi connectivity index (χ3n) is 8.52. The summed E-state index contributed by atoms with van der Waals surface area (Å²) in [5, 5.41) is 0. The van der Waals surface area contributed by atoms with Gasteiger partial charge < -0.3 is 4.90 Å². The van der Waals surface area contributed by atoms with Gasteiger partial charge in [0.15, 0.2) is 0 Å². The normalized spacial score (nSPS) is 27.9. The molecule has 0 N–H and O–H groups in total. The fourth-order valence-corrected chi connectivity index (χ4v) is 5.88. The second-order valence-electron chi connectivity index (χ2n) is 12.4. The highest BCUT2D eigenvalue weighted by molar-refractivity contribution is 5.78. The molecule has 0 saturated carbocycles. The highest BCUT2D eigenvalue weighted by atomic mass is 16.2. The molecule has 170 valence electrons. The zero-order chi connectivity index (χ0) is 22.6. The summed E-state index contributed by atoms with van der Waals surface area (Å²) in [6.45, 7) is 19.0. The van der Waals surface area contributed by atoms with Crippen molar-refractivity contribution in [3.8, 4) is 0 Å². The summed E-state index contributed by atoms with van der Waals surface area (Å²) >= 11 is 0. The summed E-state index contributed by atoms with van der Waals surface area (Å²) in [6, 6.07) is 0.724. The van der Waals surface area contributed by atoms with Crippen LogP contribution >= 0.6 is 0 Å². The van der Waals surface area contributed by atoms with Gasteiger partial charge in [0.1, 0.15) is 0 Å². The predicted octanol–water partition coefficient (Wildman–Crippen LogP) is 3.68. The van der Waals surface area contributed by atoms with Crippen molar-refractivity contribution in [2.24, 2.45) is 0 Å². The van der Waals surface area contributed by atoms with Crippen LogP contribution in [0, 0.1) is 0 Å². The SMILES string of the molecule is CN(CC(=O)N(C)C1CC(C)(C)N(C)C(C)(C)C1)C1CC(C)(C)N(C)C(C)(C)C1. The standard InChI is InChI=1S/C24H48N4O/c1-21(2)13-18(14-22(3,4)27(21)11)25(9)17-20(29)26(10)19-15-23(5,6)28(12)24(7,8)16-19/h18-19H,13-17H2,1-12H3. The number of rotatable bonds is 4. The van der Waals surface area contributed by atoms with E-state index in [-0.39, 0.29) is 28.1 Å². The molecule has 29 heavy (non-hydrogen) atoms. The summed E-state index contributed by atoms with van der Waals surface area (Å²) in [4.78, 5) is 22.6. The van der Waals surface area contributed by atoms with Gasteiger partial charge in [0.2, 0.25) is 5.91 Å². The van der Waals surface area contributed by atoms with E-state index in [0.29, 0.717) is 18.6 Å². The van der Waals surface area contributed by atoms with Crippen molar-refractivity contribution in [3.63, 3.8) is 0 Å². The summed E-state index contributed by atoms with van der Waals surface area (Å²) in [6.07, 6.45) is 4.23. The van der Waals surface area contributed by atoms with Crippen molar-refractivity contribution in [2.45, 2.75) is 115 Å². The predicted molar refractivity (Wildman–Crippen MR) is 123 cm³/mol. The van der Waals surface area contributed by atoms with Gasteiger partial charge in [-0.25, -0.2) is 0 Å². The second kappa shape index (κ2) is 7.80. The van der Waals surface area contributed by atoms with Gasteiger partial charge in [-0.15, -0.1) is 0 Å². The van der Waals surface area contributed by atoms with Crippen LogP contribution in [0.15, 0.2) is 0 Å². The Labute approximate surface area is 180 Å². The first-order chi connectivity index (χ1) is 12.9. The average molecular weight is 409 g/mol. The van der Waals surface area contributed by atoms with Gasteiger partial charge in [0.25, 0.3) is 0 Å². The lowest BCUT2D eigenvalue weighted by atomic mass is 9.76. The maximum Gasteiger partial charge on any atom is 0.236 e. The molecule has 2 aliphatic rings. The van der Waals surface area contributed by atoms with E-state index < -0.39 is 0 Å². The first-order valence-corrected chi connectivity index (χ1v) is 11.3. The fourth-order valence-electron chi connectivity index (χ4n) is 5.88. The molecular formula is C24H48N4O. The molecule has 2 rings (SSSR count). The van der Waals surface area contributed by atoms with Crippen molar-refractivity contribution in [2.75, 3.05) is 34.7 Å². The molecule has 2 aliphatic heterocycles. The van der Waals surface area contributed by atoms with Crippen LogP contribution in [0.2, 0.25) is 0 Å². The van der Waals surface area contributed by atoms with E-state index in [2.05, 4.69) is 91.2 Å². The van der Waals surface area contributed by atoms with Crippen molar-refractivity contribution in [3.05, 3.63) is 0 Å². The Kier molecular flexibility index (Phi) is 6.62. The molecule has 0 aromatic rings. The largest absolute Gasteiger partial charge is 0.342 e. The molecule has 5 nitrogen and oxygen atoms in total. The Morgan fingerprint density at radius 2 is 1.03 bits per heavy atom. The Morgan fingerprint density at radius 1 is 0.724 bits per heavy atom. The lowest BCUT2D eigenvalue weighted by molar-refractivity contribution is -0.138. The zero-order valence-corrected chi connectivity index (χ0v) is 21.4. The maximum absolute atomic E-state index is 13.2. The minimum absolute atomic E-state index is 0.0921. The number of amides is 1. The Hall–Kier alpha value is -0.650. The van der Waals surface area contributed by atoms with Crippen molar-refractivity contribution >= 4 is 5.91 Å². The van der Waals surface area contributed by atoms with Gasteiger partial charge in [-0.3, -0.25) is 19.5 Å². The van der Waals surface area contributed by atoms with Crippen LogP contribution in [0.1, 0.15) is 81.1 Å². The zero-order valence-electron chi connectivity index (χ0n) is 21.4. The van der Waals surface area contributed by atoms with Crippen LogP contribution in [-0.4, -0.2) is 94.5 Å². The molecule has 0 atom stereocenters. The number of nitrogens with zero attached hydrogens (tertiary/aromatic N) is 4. The monoisotopic (exact) mass is 408 g/mol. The number of hydrogen-bond donors (Lipinski definition) is 0. The van der Waals surface area contributed by atoms with Gasteiger partial charge in [-0.1, -0.05) is 0 Å². The molecule has 1 amide bonds. The number of piperidine rings is 2. The van der Waals surface area contributed by atoms with Gasteiger partial charge in [-0.2, -0.15) is 0 Å².